The summed E-state index contributed by atoms with van der Waals surface area (Å²) in [6.07, 6.45) is 0.695. The predicted octanol–water partition coefficient (Wildman–Crippen LogP) is 4.20. The number of ether oxygens (including phenoxy) is 2. The van der Waals surface area contributed by atoms with E-state index in [0.29, 0.717) is 36.6 Å². The summed E-state index contributed by atoms with van der Waals surface area (Å²) in [5.74, 6) is 0.691. The molecule has 0 radical (unpaired) electrons. The maximum absolute atomic E-state index is 14.0. The van der Waals surface area contributed by atoms with Crippen molar-refractivity contribution in [1.82, 2.24) is 9.80 Å². The monoisotopic (exact) mass is 456 g/mol. The fourth-order valence-corrected chi connectivity index (χ4v) is 5.29. The highest BCUT2D eigenvalue weighted by molar-refractivity contribution is 6.01. The fourth-order valence-electron chi connectivity index (χ4n) is 5.29. The number of benzene rings is 3. The number of rotatable bonds is 5. The van der Waals surface area contributed by atoms with Crippen molar-refractivity contribution >= 4 is 11.8 Å². The summed E-state index contributed by atoms with van der Waals surface area (Å²) >= 11 is 0. The molecule has 0 saturated heterocycles. The van der Waals surface area contributed by atoms with Crippen molar-refractivity contribution in [2.45, 2.75) is 24.9 Å². The highest BCUT2D eigenvalue weighted by atomic mass is 16.5. The lowest BCUT2D eigenvalue weighted by atomic mass is 9.75. The molecule has 0 aliphatic carbocycles. The van der Waals surface area contributed by atoms with E-state index in [9.17, 15) is 9.59 Å². The van der Waals surface area contributed by atoms with E-state index in [4.69, 9.17) is 9.47 Å². The molecule has 2 atom stereocenters. The highest BCUT2D eigenvalue weighted by Gasteiger charge is 2.47. The molecule has 0 aromatic heterocycles. The average Bonchev–Trinajstić information content (AvgIpc) is 2.88. The lowest BCUT2D eigenvalue weighted by Crippen LogP contribution is -2.50. The number of methoxy groups -OCH3 is 2. The van der Waals surface area contributed by atoms with Crippen molar-refractivity contribution in [1.29, 1.82) is 0 Å². The van der Waals surface area contributed by atoms with E-state index in [-0.39, 0.29) is 11.8 Å². The number of amides is 2. The smallest absolute Gasteiger partial charge is 0.254 e. The van der Waals surface area contributed by atoms with Crippen LogP contribution in [0.4, 0.5) is 0 Å². The first-order valence-electron chi connectivity index (χ1n) is 11.5. The van der Waals surface area contributed by atoms with Gasteiger partial charge in [-0.3, -0.25) is 9.59 Å². The Morgan fingerprint density at radius 1 is 0.971 bits per heavy atom. The van der Waals surface area contributed by atoms with E-state index in [1.165, 1.54) is 0 Å². The van der Waals surface area contributed by atoms with E-state index in [0.717, 1.165) is 22.3 Å². The number of fused-ring (bicyclic) bond motifs is 4. The van der Waals surface area contributed by atoms with Crippen LogP contribution in [0, 0.1) is 0 Å². The van der Waals surface area contributed by atoms with Gasteiger partial charge in [-0.1, -0.05) is 48.5 Å². The van der Waals surface area contributed by atoms with E-state index in [1.807, 2.05) is 78.7 Å². The molecule has 34 heavy (non-hydrogen) atoms. The van der Waals surface area contributed by atoms with Crippen molar-refractivity contribution < 1.29 is 19.1 Å². The van der Waals surface area contributed by atoms with Crippen molar-refractivity contribution in [2.24, 2.45) is 0 Å². The number of hydrogen-bond acceptors (Lipinski definition) is 4. The van der Waals surface area contributed by atoms with Crippen LogP contribution < -0.4 is 9.47 Å². The molecule has 2 aliphatic heterocycles. The van der Waals surface area contributed by atoms with Crippen LogP contribution in [0.5, 0.6) is 11.5 Å². The SMILES string of the molecule is COc1cc2c(cc1OC)[C@@H]1[C@@H](C(=O)N(C)Cc3ccccc3)c3ccccc3C(=O)N1CC2. The van der Waals surface area contributed by atoms with Gasteiger partial charge in [0.1, 0.15) is 0 Å². The molecule has 3 aromatic rings. The average molecular weight is 457 g/mol. The van der Waals surface area contributed by atoms with Gasteiger partial charge in [-0.25, -0.2) is 0 Å². The van der Waals surface area contributed by atoms with Gasteiger partial charge in [-0.15, -0.1) is 0 Å². The summed E-state index contributed by atoms with van der Waals surface area (Å²) in [7, 11) is 5.05. The van der Waals surface area contributed by atoms with Crippen LogP contribution in [-0.4, -0.2) is 49.4 Å². The third-order valence-electron chi connectivity index (χ3n) is 6.93. The normalized spacial score (nSPS) is 18.4. The number of likely N-dealkylation sites (N-methyl/N-ethyl adjacent to an activating group) is 1. The second-order valence-electron chi connectivity index (χ2n) is 8.84. The molecule has 174 valence electrons. The quantitative estimate of drug-likeness (QED) is 0.578. The molecule has 0 unspecified atom stereocenters. The molecule has 6 heteroatoms. The Morgan fingerprint density at radius 2 is 1.65 bits per heavy atom. The molecule has 0 spiro atoms. The summed E-state index contributed by atoms with van der Waals surface area (Å²) in [5.41, 5.74) is 4.47. The molecule has 0 saturated carbocycles. The minimum absolute atomic E-state index is 0.0126. The topological polar surface area (TPSA) is 59.1 Å². The third-order valence-corrected chi connectivity index (χ3v) is 6.93. The Kier molecular flexibility index (Phi) is 5.74. The van der Waals surface area contributed by atoms with Gasteiger partial charge in [0.15, 0.2) is 11.5 Å². The Labute approximate surface area is 199 Å². The van der Waals surface area contributed by atoms with Gasteiger partial charge in [-0.05, 0) is 46.9 Å². The summed E-state index contributed by atoms with van der Waals surface area (Å²) in [5, 5.41) is 0. The molecule has 0 N–H and O–H groups in total. The van der Waals surface area contributed by atoms with Gasteiger partial charge >= 0.3 is 0 Å². The summed E-state index contributed by atoms with van der Waals surface area (Å²) < 4.78 is 11.1. The molecular formula is C28H28N2O4. The predicted molar refractivity (Wildman–Crippen MR) is 129 cm³/mol. The van der Waals surface area contributed by atoms with Gasteiger partial charge in [-0.2, -0.15) is 0 Å². The molecular weight excluding hydrogens is 428 g/mol. The summed E-state index contributed by atoms with van der Waals surface area (Å²) in [6.45, 7) is 1.05. The second-order valence-corrected chi connectivity index (χ2v) is 8.84. The van der Waals surface area contributed by atoms with Crippen molar-refractivity contribution in [3.8, 4) is 11.5 Å². The van der Waals surface area contributed by atoms with Crippen LogP contribution in [0.15, 0.2) is 66.7 Å². The highest BCUT2D eigenvalue weighted by Crippen LogP contribution is 2.48. The second kappa shape index (κ2) is 8.86. The minimum Gasteiger partial charge on any atom is -0.493 e. The Balaban J connectivity index is 1.63. The fraction of sp³-hybridized carbons (Fsp3) is 0.286. The van der Waals surface area contributed by atoms with Gasteiger partial charge in [0.25, 0.3) is 5.91 Å². The molecule has 2 aliphatic rings. The minimum atomic E-state index is -0.514. The lowest BCUT2D eigenvalue weighted by molar-refractivity contribution is -0.134. The number of carbonyl (C=O) groups is 2. The Morgan fingerprint density at radius 3 is 2.38 bits per heavy atom. The van der Waals surface area contributed by atoms with Crippen LogP contribution in [0.1, 0.15) is 44.6 Å². The van der Waals surface area contributed by atoms with Crippen LogP contribution >= 0.6 is 0 Å². The first-order valence-corrected chi connectivity index (χ1v) is 11.5. The number of nitrogens with zero attached hydrogens (tertiary/aromatic N) is 2. The maximum atomic E-state index is 14.0. The molecule has 0 fully saturated rings. The molecule has 5 rings (SSSR count). The van der Waals surface area contributed by atoms with Crippen molar-refractivity contribution in [2.75, 3.05) is 27.8 Å². The first kappa shape index (κ1) is 22.0. The molecule has 6 nitrogen and oxygen atoms in total. The molecule has 2 amide bonds. The van der Waals surface area contributed by atoms with Crippen molar-refractivity contribution in [3.63, 3.8) is 0 Å². The maximum Gasteiger partial charge on any atom is 0.254 e. The summed E-state index contributed by atoms with van der Waals surface area (Å²) in [4.78, 5) is 31.2. The van der Waals surface area contributed by atoms with Crippen molar-refractivity contribution in [3.05, 3.63) is 94.5 Å². The number of hydrogen-bond donors (Lipinski definition) is 0. The van der Waals surface area contributed by atoms with E-state index in [1.54, 1.807) is 19.1 Å². The Bertz CT molecular complexity index is 1240. The molecule has 0 bridgehead atoms. The zero-order chi connectivity index (χ0) is 23.8. The third kappa shape index (κ3) is 3.59. The standard InChI is InChI=1S/C28H28N2O4/c1-29(17-18-9-5-4-6-10-18)28(32)25-20-11-7-8-12-21(20)27(31)30-14-13-19-15-23(33-2)24(34-3)16-22(19)26(25)30/h4-12,15-16,25-26H,13-14,17H2,1-3H3/t25-,26+/m0/s1. The lowest BCUT2D eigenvalue weighted by Gasteiger charge is -2.46. The van der Waals surface area contributed by atoms with Crippen LogP contribution in [0.25, 0.3) is 0 Å². The van der Waals surface area contributed by atoms with Gasteiger partial charge in [0.2, 0.25) is 5.91 Å². The van der Waals surface area contributed by atoms with Crippen LogP contribution in [-0.2, 0) is 17.8 Å². The van der Waals surface area contributed by atoms with Crippen LogP contribution in [0.3, 0.4) is 0 Å². The Hall–Kier alpha value is -3.80. The zero-order valence-electron chi connectivity index (χ0n) is 19.7. The van der Waals surface area contributed by atoms with Gasteiger partial charge < -0.3 is 19.3 Å². The van der Waals surface area contributed by atoms with Crippen LogP contribution in [0.2, 0.25) is 0 Å². The van der Waals surface area contributed by atoms with E-state index < -0.39 is 12.0 Å². The van der Waals surface area contributed by atoms with Gasteiger partial charge in [0.05, 0.1) is 26.2 Å². The molecule has 3 aromatic carbocycles. The van der Waals surface area contributed by atoms with E-state index >= 15 is 0 Å². The first-order chi connectivity index (χ1) is 16.5. The zero-order valence-corrected chi connectivity index (χ0v) is 19.7. The summed E-state index contributed by atoms with van der Waals surface area (Å²) in [6, 6.07) is 21.0. The van der Waals surface area contributed by atoms with E-state index in [2.05, 4.69) is 0 Å². The molecule has 2 heterocycles. The van der Waals surface area contributed by atoms with Gasteiger partial charge in [0, 0.05) is 25.7 Å². The number of carbonyl (C=O) groups excluding carboxylic acids is 2. The largest absolute Gasteiger partial charge is 0.493 e.